The number of carboxylic acids is 1. The quantitative estimate of drug-likeness (QED) is 0.822. The average molecular weight is 316 g/mol. The van der Waals surface area contributed by atoms with Gasteiger partial charge in [-0.15, -0.1) is 0 Å². The lowest BCUT2D eigenvalue weighted by molar-refractivity contribution is -0.117. The SMILES string of the molecule is O=C(O)c1cccc(N2CC(S)CC2=O)c1Br. The molecule has 1 atom stereocenters. The molecular formula is C11H10BrNO3S. The predicted octanol–water partition coefficient (Wildman–Crippen LogP) is 2.18. The lowest BCUT2D eigenvalue weighted by Gasteiger charge is -2.18. The van der Waals surface area contributed by atoms with E-state index in [0.29, 0.717) is 23.1 Å². The molecule has 1 aromatic carbocycles. The van der Waals surface area contributed by atoms with E-state index in [1.54, 1.807) is 17.0 Å². The van der Waals surface area contributed by atoms with Gasteiger partial charge in [-0.3, -0.25) is 4.79 Å². The van der Waals surface area contributed by atoms with Crippen LogP contribution in [-0.4, -0.2) is 28.8 Å². The molecule has 1 amide bonds. The van der Waals surface area contributed by atoms with E-state index < -0.39 is 5.97 Å². The number of hydrogen-bond donors (Lipinski definition) is 2. The molecule has 0 saturated carbocycles. The lowest BCUT2D eigenvalue weighted by atomic mass is 10.2. The summed E-state index contributed by atoms with van der Waals surface area (Å²) in [6, 6.07) is 4.84. The van der Waals surface area contributed by atoms with E-state index in [4.69, 9.17) is 5.11 Å². The molecule has 17 heavy (non-hydrogen) atoms. The van der Waals surface area contributed by atoms with Crippen LogP contribution in [0.2, 0.25) is 0 Å². The van der Waals surface area contributed by atoms with Crippen molar-refractivity contribution < 1.29 is 14.7 Å². The minimum Gasteiger partial charge on any atom is -0.478 e. The number of carbonyl (C=O) groups excluding carboxylic acids is 1. The van der Waals surface area contributed by atoms with Gasteiger partial charge in [0.2, 0.25) is 5.91 Å². The number of benzene rings is 1. The van der Waals surface area contributed by atoms with E-state index >= 15 is 0 Å². The van der Waals surface area contributed by atoms with Crippen molar-refractivity contribution in [1.29, 1.82) is 0 Å². The zero-order valence-electron chi connectivity index (χ0n) is 8.76. The average Bonchev–Trinajstić information content (AvgIpc) is 2.57. The van der Waals surface area contributed by atoms with Crippen LogP contribution in [0.3, 0.4) is 0 Å². The van der Waals surface area contributed by atoms with E-state index in [1.807, 2.05) is 0 Å². The van der Waals surface area contributed by atoms with Crippen LogP contribution in [0.15, 0.2) is 22.7 Å². The normalized spacial score (nSPS) is 19.8. The van der Waals surface area contributed by atoms with Crippen LogP contribution in [-0.2, 0) is 4.79 Å². The molecule has 0 aromatic heterocycles. The van der Waals surface area contributed by atoms with Crippen molar-refractivity contribution in [2.75, 3.05) is 11.4 Å². The highest BCUT2D eigenvalue weighted by atomic mass is 79.9. The smallest absolute Gasteiger partial charge is 0.336 e. The maximum absolute atomic E-state index is 11.7. The maximum Gasteiger partial charge on any atom is 0.336 e. The minimum absolute atomic E-state index is 0.00267. The van der Waals surface area contributed by atoms with E-state index in [-0.39, 0.29) is 16.7 Å². The number of carbonyl (C=O) groups is 2. The van der Waals surface area contributed by atoms with Gasteiger partial charge in [-0.2, -0.15) is 12.6 Å². The lowest BCUT2D eigenvalue weighted by Crippen LogP contribution is -2.25. The van der Waals surface area contributed by atoms with Gasteiger partial charge in [0.1, 0.15) is 0 Å². The number of amides is 1. The molecule has 2 rings (SSSR count). The van der Waals surface area contributed by atoms with E-state index in [1.165, 1.54) is 6.07 Å². The molecule has 0 radical (unpaired) electrons. The molecular weight excluding hydrogens is 306 g/mol. The third-order valence-electron chi connectivity index (χ3n) is 2.60. The van der Waals surface area contributed by atoms with Gasteiger partial charge in [0.05, 0.1) is 15.7 Å². The van der Waals surface area contributed by atoms with Crippen LogP contribution >= 0.6 is 28.6 Å². The summed E-state index contributed by atoms with van der Waals surface area (Å²) >= 11 is 7.51. The van der Waals surface area contributed by atoms with Gasteiger partial charge in [0.25, 0.3) is 0 Å². The van der Waals surface area contributed by atoms with E-state index in [9.17, 15) is 9.59 Å². The van der Waals surface area contributed by atoms with Crippen molar-refractivity contribution in [1.82, 2.24) is 0 Å². The third kappa shape index (κ3) is 2.32. The fraction of sp³-hybridized carbons (Fsp3) is 0.273. The van der Waals surface area contributed by atoms with Crippen LogP contribution in [0.25, 0.3) is 0 Å². The van der Waals surface area contributed by atoms with Gasteiger partial charge >= 0.3 is 5.97 Å². The summed E-state index contributed by atoms with van der Waals surface area (Å²) in [4.78, 5) is 24.3. The van der Waals surface area contributed by atoms with Crippen LogP contribution in [0.5, 0.6) is 0 Å². The Kier molecular flexibility index (Phi) is 3.44. The Morgan fingerprint density at radius 1 is 1.53 bits per heavy atom. The minimum atomic E-state index is -1.02. The first kappa shape index (κ1) is 12.4. The number of rotatable bonds is 2. The Bertz CT molecular complexity index is 492. The van der Waals surface area contributed by atoms with Gasteiger partial charge in [-0.1, -0.05) is 6.07 Å². The first-order chi connectivity index (χ1) is 8.00. The molecule has 90 valence electrons. The summed E-state index contributed by atoms with van der Waals surface area (Å²) < 4.78 is 0.434. The second-order valence-electron chi connectivity index (χ2n) is 3.81. The van der Waals surface area contributed by atoms with E-state index in [0.717, 1.165) is 0 Å². The summed E-state index contributed by atoms with van der Waals surface area (Å²) in [7, 11) is 0. The first-order valence-corrected chi connectivity index (χ1v) is 6.32. The molecule has 0 spiro atoms. The fourth-order valence-corrected chi connectivity index (χ4v) is 2.78. The van der Waals surface area contributed by atoms with Gasteiger partial charge in [0.15, 0.2) is 0 Å². The van der Waals surface area contributed by atoms with Crippen molar-refractivity contribution in [3.8, 4) is 0 Å². The number of thiol groups is 1. The number of halogens is 1. The molecule has 6 heteroatoms. The number of nitrogens with zero attached hydrogens (tertiary/aromatic N) is 1. The Morgan fingerprint density at radius 3 is 2.76 bits per heavy atom. The molecule has 1 aliphatic rings. The molecule has 1 aliphatic heterocycles. The Morgan fingerprint density at radius 2 is 2.24 bits per heavy atom. The van der Waals surface area contributed by atoms with Crippen LogP contribution < -0.4 is 4.90 Å². The van der Waals surface area contributed by atoms with Gasteiger partial charge in [0, 0.05) is 18.2 Å². The molecule has 1 fully saturated rings. The first-order valence-electron chi connectivity index (χ1n) is 5.01. The highest BCUT2D eigenvalue weighted by Crippen LogP contribution is 2.33. The Labute approximate surface area is 112 Å². The van der Waals surface area contributed by atoms with E-state index in [2.05, 4.69) is 28.6 Å². The molecule has 1 saturated heterocycles. The fourth-order valence-electron chi connectivity index (χ4n) is 1.81. The topological polar surface area (TPSA) is 57.6 Å². The van der Waals surface area contributed by atoms with Crippen LogP contribution in [0, 0.1) is 0 Å². The number of aromatic carboxylic acids is 1. The number of hydrogen-bond acceptors (Lipinski definition) is 3. The maximum atomic E-state index is 11.7. The third-order valence-corrected chi connectivity index (χ3v) is 3.78. The number of carboxylic acid groups (broad SMARTS) is 1. The summed E-state index contributed by atoms with van der Waals surface area (Å²) in [5.74, 6) is -1.05. The molecule has 1 unspecified atom stereocenters. The summed E-state index contributed by atoms with van der Waals surface area (Å²) in [6.45, 7) is 0.504. The Balaban J connectivity index is 2.43. The standard InChI is InChI=1S/C11H10BrNO3S/c12-10-7(11(15)16)2-1-3-8(10)13-5-6(17)4-9(13)14/h1-3,6,17H,4-5H2,(H,15,16). The second-order valence-corrected chi connectivity index (χ2v) is 5.33. The highest BCUT2D eigenvalue weighted by molar-refractivity contribution is 9.10. The Hall–Kier alpha value is -1.01. The van der Waals surface area contributed by atoms with Gasteiger partial charge in [-0.25, -0.2) is 4.79 Å². The molecule has 4 nitrogen and oxygen atoms in total. The molecule has 1 N–H and O–H groups in total. The van der Waals surface area contributed by atoms with Crippen molar-refractivity contribution in [3.05, 3.63) is 28.2 Å². The molecule has 1 aromatic rings. The van der Waals surface area contributed by atoms with Crippen molar-refractivity contribution in [2.45, 2.75) is 11.7 Å². The highest BCUT2D eigenvalue weighted by Gasteiger charge is 2.30. The van der Waals surface area contributed by atoms with Crippen molar-refractivity contribution in [2.24, 2.45) is 0 Å². The monoisotopic (exact) mass is 315 g/mol. The second kappa shape index (κ2) is 4.70. The summed E-state index contributed by atoms with van der Waals surface area (Å²) in [6.07, 6.45) is 0.382. The predicted molar refractivity (Wildman–Crippen MR) is 70.8 cm³/mol. The molecule has 0 bridgehead atoms. The van der Waals surface area contributed by atoms with Gasteiger partial charge in [-0.05, 0) is 28.1 Å². The zero-order chi connectivity index (χ0) is 12.6. The molecule has 0 aliphatic carbocycles. The number of anilines is 1. The zero-order valence-corrected chi connectivity index (χ0v) is 11.2. The summed E-state index contributed by atoms with van der Waals surface area (Å²) in [5, 5.41) is 9.00. The largest absolute Gasteiger partial charge is 0.478 e. The van der Waals surface area contributed by atoms with Crippen LogP contribution in [0.1, 0.15) is 16.8 Å². The van der Waals surface area contributed by atoms with Crippen molar-refractivity contribution in [3.63, 3.8) is 0 Å². The summed E-state index contributed by atoms with van der Waals surface area (Å²) in [5.41, 5.74) is 0.740. The van der Waals surface area contributed by atoms with Gasteiger partial charge < -0.3 is 10.0 Å². The molecule has 1 heterocycles. The van der Waals surface area contributed by atoms with Crippen molar-refractivity contribution >= 4 is 46.1 Å². The van der Waals surface area contributed by atoms with Crippen LogP contribution in [0.4, 0.5) is 5.69 Å².